The van der Waals surface area contributed by atoms with Gasteiger partial charge >= 0.3 is 0 Å². The summed E-state index contributed by atoms with van der Waals surface area (Å²) in [5.74, 6) is 0. The average Bonchev–Trinajstić information content (AvgIpc) is 2.96. The standard InChI is InChI=1S/C19H36O5/c1-2-3-4-5-6-7-8-9-10-11-12-13-23-19-17(22)15-24-18(19)16(21)14-20/h12-13,16-22H,2-11,14-15H2,1H3/b13-12+/t16-,17+,18-,19-/m0/s1. The van der Waals surface area contributed by atoms with Crippen molar-refractivity contribution >= 4 is 0 Å². The van der Waals surface area contributed by atoms with Gasteiger partial charge in [-0.05, 0) is 18.9 Å². The highest BCUT2D eigenvalue weighted by Gasteiger charge is 2.41. The van der Waals surface area contributed by atoms with E-state index >= 15 is 0 Å². The number of hydrogen-bond donors (Lipinski definition) is 3. The zero-order chi connectivity index (χ0) is 17.6. The lowest BCUT2D eigenvalue weighted by atomic mass is 10.1. The van der Waals surface area contributed by atoms with Crippen molar-refractivity contribution in [3.63, 3.8) is 0 Å². The molecule has 0 unspecified atom stereocenters. The van der Waals surface area contributed by atoms with Crippen molar-refractivity contribution in [1.29, 1.82) is 0 Å². The Morgan fingerprint density at radius 3 is 2.33 bits per heavy atom. The van der Waals surface area contributed by atoms with Gasteiger partial charge in [0.05, 0.1) is 19.5 Å². The maximum Gasteiger partial charge on any atom is 0.154 e. The zero-order valence-electron chi connectivity index (χ0n) is 15.1. The number of unbranched alkanes of at least 4 members (excludes halogenated alkanes) is 9. The van der Waals surface area contributed by atoms with Gasteiger partial charge in [0.2, 0.25) is 0 Å². The van der Waals surface area contributed by atoms with Crippen molar-refractivity contribution < 1.29 is 24.8 Å². The smallest absolute Gasteiger partial charge is 0.154 e. The summed E-state index contributed by atoms with van der Waals surface area (Å²) >= 11 is 0. The van der Waals surface area contributed by atoms with Crippen molar-refractivity contribution in [3.05, 3.63) is 12.3 Å². The quantitative estimate of drug-likeness (QED) is 0.333. The van der Waals surface area contributed by atoms with Gasteiger partial charge in [-0.3, -0.25) is 0 Å². The van der Waals surface area contributed by atoms with Gasteiger partial charge in [0.25, 0.3) is 0 Å². The molecule has 0 aromatic carbocycles. The molecule has 1 heterocycles. The molecule has 4 atom stereocenters. The molecule has 0 spiro atoms. The second kappa shape index (κ2) is 13.6. The largest absolute Gasteiger partial charge is 0.493 e. The zero-order valence-corrected chi connectivity index (χ0v) is 15.1. The SMILES string of the molecule is CCCCCCCCCCC/C=C/O[C@@H]1[C@H]([C@@H](O)CO)OC[C@H]1O. The summed E-state index contributed by atoms with van der Waals surface area (Å²) < 4.78 is 10.8. The Hall–Kier alpha value is -0.620. The Balaban J connectivity index is 2.02. The van der Waals surface area contributed by atoms with Crippen molar-refractivity contribution in [2.24, 2.45) is 0 Å². The minimum atomic E-state index is -1.03. The summed E-state index contributed by atoms with van der Waals surface area (Å²) in [5.41, 5.74) is 0. The van der Waals surface area contributed by atoms with E-state index in [2.05, 4.69) is 6.92 Å². The molecule has 1 aliphatic rings. The van der Waals surface area contributed by atoms with E-state index in [-0.39, 0.29) is 6.61 Å². The van der Waals surface area contributed by atoms with Crippen LogP contribution < -0.4 is 0 Å². The number of aliphatic hydroxyl groups is 3. The Morgan fingerprint density at radius 1 is 1.08 bits per heavy atom. The van der Waals surface area contributed by atoms with Crippen LogP contribution in [-0.4, -0.2) is 52.9 Å². The number of ether oxygens (including phenoxy) is 2. The molecule has 0 aromatic heterocycles. The van der Waals surface area contributed by atoms with Crippen molar-refractivity contribution in [2.45, 2.75) is 95.5 Å². The van der Waals surface area contributed by atoms with E-state index in [9.17, 15) is 10.2 Å². The fourth-order valence-corrected chi connectivity index (χ4v) is 3.01. The molecule has 0 radical (unpaired) electrons. The van der Waals surface area contributed by atoms with E-state index < -0.39 is 31.0 Å². The van der Waals surface area contributed by atoms with Crippen LogP contribution in [0.1, 0.15) is 71.1 Å². The predicted octanol–water partition coefficient (Wildman–Crippen LogP) is 2.92. The molecule has 5 nitrogen and oxygen atoms in total. The molecule has 0 bridgehead atoms. The van der Waals surface area contributed by atoms with Crippen LogP contribution in [-0.2, 0) is 9.47 Å². The van der Waals surface area contributed by atoms with Gasteiger partial charge in [0.15, 0.2) is 6.10 Å². The fraction of sp³-hybridized carbons (Fsp3) is 0.895. The van der Waals surface area contributed by atoms with E-state index in [1.54, 1.807) is 6.26 Å². The Morgan fingerprint density at radius 2 is 1.71 bits per heavy atom. The van der Waals surface area contributed by atoms with Crippen molar-refractivity contribution in [2.75, 3.05) is 13.2 Å². The first-order valence-electron chi connectivity index (χ1n) is 9.59. The first-order valence-corrected chi connectivity index (χ1v) is 9.59. The van der Waals surface area contributed by atoms with Crippen LogP contribution >= 0.6 is 0 Å². The van der Waals surface area contributed by atoms with Gasteiger partial charge in [0.1, 0.15) is 18.3 Å². The maximum atomic E-state index is 9.80. The van der Waals surface area contributed by atoms with Crippen LogP contribution in [0.5, 0.6) is 0 Å². The van der Waals surface area contributed by atoms with E-state index in [1.165, 1.54) is 51.4 Å². The molecule has 3 N–H and O–H groups in total. The summed E-state index contributed by atoms with van der Waals surface area (Å²) in [6.45, 7) is 1.96. The Labute approximate surface area is 146 Å². The highest BCUT2D eigenvalue weighted by molar-refractivity contribution is 4.91. The summed E-state index contributed by atoms with van der Waals surface area (Å²) in [7, 11) is 0. The van der Waals surface area contributed by atoms with Gasteiger partial charge in [-0.15, -0.1) is 0 Å². The molecule has 1 aliphatic heterocycles. The lowest BCUT2D eigenvalue weighted by molar-refractivity contribution is -0.0721. The number of rotatable bonds is 14. The summed E-state index contributed by atoms with van der Waals surface area (Å²) in [4.78, 5) is 0. The minimum Gasteiger partial charge on any atom is -0.493 e. The third-order valence-corrected chi connectivity index (χ3v) is 4.54. The molecule has 1 rings (SSSR count). The lowest BCUT2D eigenvalue weighted by Gasteiger charge is -2.22. The molecule has 0 aromatic rings. The van der Waals surface area contributed by atoms with Crippen LogP contribution in [0.2, 0.25) is 0 Å². The second-order valence-electron chi connectivity index (χ2n) is 6.70. The molecule has 1 saturated heterocycles. The van der Waals surface area contributed by atoms with E-state index in [0.717, 1.165) is 12.8 Å². The molecule has 0 amide bonds. The highest BCUT2D eigenvalue weighted by Crippen LogP contribution is 2.21. The summed E-state index contributed by atoms with van der Waals surface area (Å²) in [5, 5.41) is 28.4. The normalized spacial score (nSPS) is 25.4. The molecule has 0 saturated carbocycles. The van der Waals surface area contributed by atoms with Crippen molar-refractivity contribution in [1.82, 2.24) is 0 Å². The maximum absolute atomic E-state index is 9.80. The molecular formula is C19H36O5. The molecule has 0 aliphatic carbocycles. The molecular weight excluding hydrogens is 308 g/mol. The van der Waals surface area contributed by atoms with Crippen molar-refractivity contribution in [3.8, 4) is 0 Å². The second-order valence-corrected chi connectivity index (χ2v) is 6.70. The predicted molar refractivity (Wildman–Crippen MR) is 94.7 cm³/mol. The van der Waals surface area contributed by atoms with Gasteiger partial charge in [-0.1, -0.05) is 58.3 Å². The van der Waals surface area contributed by atoms with Gasteiger partial charge < -0.3 is 24.8 Å². The molecule has 5 heteroatoms. The highest BCUT2D eigenvalue weighted by atomic mass is 16.6. The minimum absolute atomic E-state index is 0.124. The topological polar surface area (TPSA) is 79.2 Å². The van der Waals surface area contributed by atoms with Crippen LogP contribution in [0, 0.1) is 0 Å². The molecule has 24 heavy (non-hydrogen) atoms. The lowest BCUT2D eigenvalue weighted by Crippen LogP contribution is -2.41. The first kappa shape index (κ1) is 21.4. The van der Waals surface area contributed by atoms with Crippen LogP contribution in [0.3, 0.4) is 0 Å². The number of hydrogen-bond acceptors (Lipinski definition) is 5. The van der Waals surface area contributed by atoms with Crippen LogP contribution in [0.4, 0.5) is 0 Å². The summed E-state index contributed by atoms with van der Waals surface area (Å²) in [6.07, 6.45) is 13.2. The van der Waals surface area contributed by atoms with E-state index in [1.807, 2.05) is 6.08 Å². The average molecular weight is 344 g/mol. The monoisotopic (exact) mass is 344 g/mol. The third-order valence-electron chi connectivity index (χ3n) is 4.54. The fourth-order valence-electron chi connectivity index (χ4n) is 3.01. The number of allylic oxidation sites excluding steroid dienone is 1. The number of aliphatic hydroxyl groups excluding tert-OH is 3. The summed E-state index contributed by atoms with van der Waals surface area (Å²) in [6, 6.07) is 0. The van der Waals surface area contributed by atoms with Crippen LogP contribution in [0.15, 0.2) is 12.3 Å². The molecule has 1 fully saturated rings. The first-order chi connectivity index (χ1) is 11.7. The Kier molecular flexibility index (Phi) is 12.2. The van der Waals surface area contributed by atoms with Crippen LogP contribution in [0.25, 0.3) is 0 Å². The van der Waals surface area contributed by atoms with E-state index in [0.29, 0.717) is 0 Å². The Bertz CT molecular complexity index is 321. The third kappa shape index (κ3) is 8.47. The molecule has 142 valence electrons. The van der Waals surface area contributed by atoms with Gasteiger partial charge in [-0.2, -0.15) is 0 Å². The van der Waals surface area contributed by atoms with E-state index in [4.69, 9.17) is 14.6 Å². The van der Waals surface area contributed by atoms with Gasteiger partial charge in [0, 0.05) is 0 Å². The van der Waals surface area contributed by atoms with Gasteiger partial charge in [-0.25, -0.2) is 0 Å².